The van der Waals surface area contributed by atoms with Crippen molar-refractivity contribution in [3.05, 3.63) is 53.9 Å². The highest BCUT2D eigenvalue weighted by Gasteiger charge is 2.09. The highest BCUT2D eigenvalue weighted by Crippen LogP contribution is 2.18. The number of hydrogen-bond acceptors (Lipinski definition) is 4. The lowest BCUT2D eigenvalue weighted by Gasteiger charge is -2.08. The predicted molar refractivity (Wildman–Crippen MR) is 75.7 cm³/mol. The first-order chi connectivity index (χ1) is 9.65. The first-order valence-corrected chi connectivity index (χ1v) is 6.39. The van der Waals surface area contributed by atoms with Crippen molar-refractivity contribution in [3.8, 4) is 5.69 Å². The van der Waals surface area contributed by atoms with E-state index >= 15 is 0 Å². The fraction of sp³-hybridized carbons (Fsp3) is 0.267. The minimum Gasteiger partial charge on any atom is -0.465 e. The largest absolute Gasteiger partial charge is 0.465 e. The van der Waals surface area contributed by atoms with Crippen molar-refractivity contribution < 1.29 is 14.6 Å². The summed E-state index contributed by atoms with van der Waals surface area (Å²) < 4.78 is 6.59. The summed E-state index contributed by atoms with van der Waals surface area (Å²) in [5.74, 6) is -0.365. The minimum atomic E-state index is -0.365. The summed E-state index contributed by atoms with van der Waals surface area (Å²) in [6.45, 7) is 0.0597. The number of aromatic nitrogens is 1. The number of esters is 1. The number of aliphatic hydroxyl groups excluding tert-OH is 1. The van der Waals surface area contributed by atoms with E-state index in [-0.39, 0.29) is 18.6 Å². The molecule has 0 radical (unpaired) electrons. The fourth-order valence-corrected chi connectivity index (χ4v) is 2.01. The molecule has 0 amide bonds. The Hall–Kier alpha value is -2.11. The van der Waals surface area contributed by atoms with Crippen LogP contribution >= 0.6 is 0 Å². The number of hydrogen-bond donors (Lipinski definition) is 2. The molecule has 1 aromatic heterocycles. The standard InChI is InChI=1S/C15H18N2O3/c1-20-15(19)11-3-2-4-13(9-11)17-7-5-12(10-17)14(16)6-8-18/h2-5,7,9-10,14,18H,6,8,16H2,1H3. The normalized spacial score (nSPS) is 12.2. The third-order valence-electron chi connectivity index (χ3n) is 3.15. The average Bonchev–Trinajstić information content (AvgIpc) is 2.97. The quantitative estimate of drug-likeness (QED) is 0.813. The van der Waals surface area contributed by atoms with Gasteiger partial charge in [-0.2, -0.15) is 0 Å². The van der Waals surface area contributed by atoms with Gasteiger partial charge in [0.2, 0.25) is 0 Å². The third-order valence-corrected chi connectivity index (χ3v) is 3.15. The zero-order chi connectivity index (χ0) is 14.5. The van der Waals surface area contributed by atoms with Crippen molar-refractivity contribution in [2.24, 2.45) is 5.73 Å². The van der Waals surface area contributed by atoms with E-state index < -0.39 is 0 Å². The molecule has 106 valence electrons. The fourth-order valence-electron chi connectivity index (χ4n) is 2.01. The van der Waals surface area contributed by atoms with Gasteiger partial charge < -0.3 is 20.1 Å². The average molecular weight is 274 g/mol. The molecule has 1 atom stereocenters. The number of nitrogens with two attached hydrogens (primary N) is 1. The van der Waals surface area contributed by atoms with E-state index in [1.54, 1.807) is 18.2 Å². The molecule has 1 aromatic carbocycles. The number of ether oxygens (including phenoxy) is 1. The minimum absolute atomic E-state index is 0.0597. The van der Waals surface area contributed by atoms with Gasteiger partial charge in [0.15, 0.2) is 0 Å². The number of rotatable bonds is 5. The van der Waals surface area contributed by atoms with Crippen molar-refractivity contribution in [1.82, 2.24) is 4.57 Å². The second kappa shape index (κ2) is 6.36. The van der Waals surface area contributed by atoms with Crippen LogP contribution in [0.25, 0.3) is 5.69 Å². The highest BCUT2D eigenvalue weighted by atomic mass is 16.5. The Kier molecular flexibility index (Phi) is 4.55. The second-order valence-electron chi connectivity index (χ2n) is 4.51. The molecule has 0 aliphatic rings. The third kappa shape index (κ3) is 3.07. The summed E-state index contributed by atoms with van der Waals surface area (Å²) in [6.07, 6.45) is 4.30. The van der Waals surface area contributed by atoms with E-state index in [4.69, 9.17) is 15.6 Å². The maximum Gasteiger partial charge on any atom is 0.337 e. The summed E-state index contributed by atoms with van der Waals surface area (Å²) in [4.78, 5) is 11.5. The molecular formula is C15H18N2O3. The van der Waals surface area contributed by atoms with Gasteiger partial charge in [-0.15, -0.1) is 0 Å². The molecule has 3 N–H and O–H groups in total. The second-order valence-corrected chi connectivity index (χ2v) is 4.51. The Bertz CT molecular complexity index is 592. The first kappa shape index (κ1) is 14.3. The number of methoxy groups -OCH3 is 1. The smallest absolute Gasteiger partial charge is 0.337 e. The first-order valence-electron chi connectivity index (χ1n) is 6.39. The summed E-state index contributed by atoms with van der Waals surface area (Å²) in [7, 11) is 1.36. The molecule has 0 aliphatic carbocycles. The number of nitrogens with zero attached hydrogens (tertiary/aromatic N) is 1. The SMILES string of the molecule is COC(=O)c1cccc(-n2ccc(C(N)CCO)c2)c1. The van der Waals surface area contributed by atoms with Crippen LogP contribution in [-0.4, -0.2) is 29.4 Å². The van der Waals surface area contributed by atoms with Crippen LogP contribution in [0.1, 0.15) is 28.4 Å². The van der Waals surface area contributed by atoms with Crippen molar-refractivity contribution in [1.29, 1.82) is 0 Å². The van der Waals surface area contributed by atoms with Crippen LogP contribution in [0.4, 0.5) is 0 Å². The molecule has 0 saturated carbocycles. The molecule has 5 heteroatoms. The van der Waals surface area contributed by atoms with Crippen LogP contribution in [0.3, 0.4) is 0 Å². The lowest BCUT2D eigenvalue weighted by Crippen LogP contribution is -2.11. The summed E-state index contributed by atoms with van der Waals surface area (Å²) in [5, 5.41) is 8.91. The molecule has 0 fully saturated rings. The summed E-state index contributed by atoms with van der Waals surface area (Å²) in [6, 6.07) is 8.88. The Morgan fingerprint density at radius 2 is 2.25 bits per heavy atom. The number of carbonyl (C=O) groups excluding carboxylic acids is 1. The van der Waals surface area contributed by atoms with Gasteiger partial charge in [-0.3, -0.25) is 0 Å². The van der Waals surface area contributed by atoms with Crippen LogP contribution in [-0.2, 0) is 4.74 Å². The molecule has 20 heavy (non-hydrogen) atoms. The van der Waals surface area contributed by atoms with Gasteiger partial charge in [0.1, 0.15) is 0 Å². The van der Waals surface area contributed by atoms with Crippen LogP contribution in [0.5, 0.6) is 0 Å². The molecule has 0 bridgehead atoms. The summed E-state index contributed by atoms with van der Waals surface area (Å²) in [5.41, 5.74) is 8.25. The lowest BCUT2D eigenvalue weighted by molar-refractivity contribution is 0.0600. The van der Waals surface area contributed by atoms with E-state index in [0.717, 1.165) is 11.3 Å². The Labute approximate surface area is 117 Å². The van der Waals surface area contributed by atoms with Gasteiger partial charge in [0, 0.05) is 30.7 Å². The Balaban J connectivity index is 2.26. The van der Waals surface area contributed by atoms with Gasteiger partial charge >= 0.3 is 5.97 Å². The van der Waals surface area contributed by atoms with E-state index in [2.05, 4.69) is 0 Å². The molecule has 0 spiro atoms. The number of aliphatic hydroxyl groups is 1. The van der Waals surface area contributed by atoms with E-state index in [1.807, 2.05) is 29.1 Å². The Morgan fingerprint density at radius 3 is 2.95 bits per heavy atom. The van der Waals surface area contributed by atoms with Crippen LogP contribution in [0, 0.1) is 0 Å². The lowest BCUT2D eigenvalue weighted by atomic mass is 10.1. The summed E-state index contributed by atoms with van der Waals surface area (Å²) >= 11 is 0. The van der Waals surface area contributed by atoms with E-state index in [0.29, 0.717) is 12.0 Å². The zero-order valence-electron chi connectivity index (χ0n) is 11.3. The van der Waals surface area contributed by atoms with Gasteiger partial charge in [0.25, 0.3) is 0 Å². The van der Waals surface area contributed by atoms with Crippen molar-refractivity contribution in [2.45, 2.75) is 12.5 Å². The van der Waals surface area contributed by atoms with Crippen LogP contribution in [0.15, 0.2) is 42.7 Å². The molecular weight excluding hydrogens is 256 g/mol. The molecule has 0 aliphatic heterocycles. The van der Waals surface area contributed by atoms with Crippen molar-refractivity contribution in [2.75, 3.05) is 13.7 Å². The molecule has 2 rings (SSSR count). The monoisotopic (exact) mass is 274 g/mol. The van der Waals surface area contributed by atoms with Gasteiger partial charge in [0.05, 0.1) is 12.7 Å². The maximum absolute atomic E-state index is 11.5. The number of benzene rings is 1. The molecule has 0 saturated heterocycles. The van der Waals surface area contributed by atoms with Gasteiger partial charge in [-0.05, 0) is 36.2 Å². The zero-order valence-corrected chi connectivity index (χ0v) is 11.3. The molecule has 2 aromatic rings. The van der Waals surface area contributed by atoms with Crippen LogP contribution < -0.4 is 5.73 Å². The highest BCUT2D eigenvalue weighted by molar-refractivity contribution is 5.89. The van der Waals surface area contributed by atoms with Crippen molar-refractivity contribution in [3.63, 3.8) is 0 Å². The van der Waals surface area contributed by atoms with Crippen LogP contribution in [0.2, 0.25) is 0 Å². The van der Waals surface area contributed by atoms with Gasteiger partial charge in [-0.25, -0.2) is 4.79 Å². The van der Waals surface area contributed by atoms with Gasteiger partial charge in [-0.1, -0.05) is 6.07 Å². The topological polar surface area (TPSA) is 77.5 Å². The van der Waals surface area contributed by atoms with Crippen molar-refractivity contribution >= 4 is 5.97 Å². The van der Waals surface area contributed by atoms with E-state index in [1.165, 1.54) is 7.11 Å². The molecule has 1 heterocycles. The van der Waals surface area contributed by atoms with E-state index in [9.17, 15) is 4.79 Å². The Morgan fingerprint density at radius 1 is 1.45 bits per heavy atom. The maximum atomic E-state index is 11.5. The predicted octanol–water partition coefficient (Wildman–Crippen LogP) is 1.65. The number of carbonyl (C=O) groups is 1. The molecule has 5 nitrogen and oxygen atoms in total. The molecule has 1 unspecified atom stereocenters.